The highest BCUT2D eigenvalue weighted by molar-refractivity contribution is 7.99. The van der Waals surface area contributed by atoms with Crippen LogP contribution in [0.4, 0.5) is 10.1 Å². The molecule has 2 aromatic heterocycles. The molecular weight excluding hydrogens is 455 g/mol. The van der Waals surface area contributed by atoms with E-state index in [4.69, 9.17) is 0 Å². The second-order valence-electron chi connectivity index (χ2n) is 7.97. The minimum Gasteiger partial charge on any atom is -0.346 e. The zero-order chi connectivity index (χ0) is 23.8. The molecule has 0 saturated carbocycles. The lowest BCUT2D eigenvalue weighted by Crippen LogP contribution is -2.24. The number of hydrogen-bond donors (Lipinski definition) is 2. The molecule has 5 rings (SSSR count). The van der Waals surface area contributed by atoms with E-state index in [9.17, 15) is 14.0 Å². The molecule has 1 aliphatic heterocycles. The first-order valence-corrected chi connectivity index (χ1v) is 12.0. The molecule has 3 heterocycles. The van der Waals surface area contributed by atoms with Crippen LogP contribution >= 0.6 is 11.8 Å². The fraction of sp³-hybridized carbons (Fsp3) is 0.250. The number of hydrogen-bond acceptors (Lipinski definition) is 5. The van der Waals surface area contributed by atoms with Crippen molar-refractivity contribution in [1.82, 2.24) is 24.4 Å². The van der Waals surface area contributed by atoms with E-state index in [0.717, 1.165) is 23.1 Å². The number of amides is 2. The van der Waals surface area contributed by atoms with Gasteiger partial charge in [-0.1, -0.05) is 23.9 Å². The summed E-state index contributed by atoms with van der Waals surface area (Å²) in [5.41, 5.74) is 2.99. The van der Waals surface area contributed by atoms with Crippen molar-refractivity contribution in [3.8, 4) is 11.4 Å². The SMILES string of the molecule is CCn1c(-c2ccccc2F)nc2cc(NC(C)=O)cc(C(=O)NCc3cn4c(n3)SCC4)c21. The molecule has 2 N–H and O–H groups in total. The Balaban J connectivity index is 1.57. The predicted octanol–water partition coefficient (Wildman–Crippen LogP) is 4.05. The quantitative estimate of drug-likeness (QED) is 0.436. The highest BCUT2D eigenvalue weighted by Crippen LogP contribution is 2.31. The van der Waals surface area contributed by atoms with E-state index in [-0.39, 0.29) is 18.4 Å². The maximum atomic E-state index is 14.6. The number of aromatic nitrogens is 4. The Bertz CT molecular complexity index is 1410. The monoisotopic (exact) mass is 478 g/mol. The summed E-state index contributed by atoms with van der Waals surface area (Å²) in [7, 11) is 0. The van der Waals surface area contributed by atoms with Gasteiger partial charge in [-0.15, -0.1) is 0 Å². The average Bonchev–Trinajstić information content (AvgIpc) is 3.49. The predicted molar refractivity (Wildman–Crippen MR) is 129 cm³/mol. The molecule has 4 aromatic rings. The molecule has 0 atom stereocenters. The molecule has 0 bridgehead atoms. The fourth-order valence-corrected chi connectivity index (χ4v) is 5.15. The average molecular weight is 479 g/mol. The minimum absolute atomic E-state index is 0.264. The maximum absolute atomic E-state index is 14.6. The van der Waals surface area contributed by atoms with Gasteiger partial charge in [0.25, 0.3) is 5.91 Å². The van der Waals surface area contributed by atoms with Crippen LogP contribution in [-0.4, -0.2) is 36.7 Å². The Labute approximate surface area is 199 Å². The zero-order valence-corrected chi connectivity index (χ0v) is 19.6. The third-order valence-electron chi connectivity index (χ3n) is 5.62. The van der Waals surface area contributed by atoms with Gasteiger partial charge in [0.1, 0.15) is 11.6 Å². The third kappa shape index (κ3) is 4.05. The number of anilines is 1. The van der Waals surface area contributed by atoms with Crippen LogP contribution in [0.25, 0.3) is 22.4 Å². The van der Waals surface area contributed by atoms with Crippen molar-refractivity contribution < 1.29 is 14.0 Å². The van der Waals surface area contributed by atoms with Crippen molar-refractivity contribution in [3.05, 3.63) is 59.7 Å². The number of fused-ring (bicyclic) bond motifs is 2. The van der Waals surface area contributed by atoms with Crippen LogP contribution in [-0.2, 0) is 24.4 Å². The maximum Gasteiger partial charge on any atom is 0.253 e. The molecule has 0 fully saturated rings. The van der Waals surface area contributed by atoms with Crippen LogP contribution in [0.15, 0.2) is 47.8 Å². The van der Waals surface area contributed by atoms with Crippen LogP contribution in [0.2, 0.25) is 0 Å². The largest absolute Gasteiger partial charge is 0.346 e. The molecule has 8 nitrogen and oxygen atoms in total. The zero-order valence-electron chi connectivity index (χ0n) is 18.8. The Morgan fingerprint density at radius 2 is 2.03 bits per heavy atom. The molecule has 0 aliphatic carbocycles. The molecule has 0 saturated heterocycles. The van der Waals surface area contributed by atoms with E-state index in [1.54, 1.807) is 42.1 Å². The lowest BCUT2D eigenvalue weighted by atomic mass is 10.1. The molecule has 10 heteroatoms. The van der Waals surface area contributed by atoms with Gasteiger partial charge in [-0.3, -0.25) is 9.59 Å². The number of imidazole rings is 2. The summed E-state index contributed by atoms with van der Waals surface area (Å²) in [6.07, 6.45) is 1.95. The van der Waals surface area contributed by atoms with Gasteiger partial charge in [-0.2, -0.15) is 0 Å². The Morgan fingerprint density at radius 1 is 1.21 bits per heavy atom. The molecule has 0 spiro atoms. The normalized spacial score (nSPS) is 12.7. The summed E-state index contributed by atoms with van der Waals surface area (Å²) >= 11 is 1.69. The number of rotatable bonds is 6. The fourth-order valence-electron chi connectivity index (χ4n) is 4.19. The van der Waals surface area contributed by atoms with Crippen molar-refractivity contribution in [2.24, 2.45) is 0 Å². The summed E-state index contributed by atoms with van der Waals surface area (Å²) in [4.78, 5) is 34.3. The van der Waals surface area contributed by atoms with Crippen molar-refractivity contribution in [1.29, 1.82) is 0 Å². The molecule has 174 valence electrons. The van der Waals surface area contributed by atoms with E-state index >= 15 is 0 Å². The van der Waals surface area contributed by atoms with E-state index in [1.165, 1.54) is 13.0 Å². The van der Waals surface area contributed by atoms with Crippen LogP contribution in [0.3, 0.4) is 0 Å². The van der Waals surface area contributed by atoms with Crippen LogP contribution in [0.1, 0.15) is 29.9 Å². The topological polar surface area (TPSA) is 93.8 Å². The highest BCUT2D eigenvalue weighted by Gasteiger charge is 2.22. The number of carbonyl (C=O) groups excluding carboxylic acids is 2. The number of halogens is 1. The van der Waals surface area contributed by atoms with Crippen molar-refractivity contribution in [2.45, 2.75) is 38.6 Å². The lowest BCUT2D eigenvalue weighted by Gasteiger charge is -2.12. The van der Waals surface area contributed by atoms with Gasteiger partial charge in [0.05, 0.1) is 34.4 Å². The highest BCUT2D eigenvalue weighted by atomic mass is 32.2. The van der Waals surface area contributed by atoms with Gasteiger partial charge in [-0.25, -0.2) is 14.4 Å². The molecule has 2 amide bonds. The number of aryl methyl sites for hydroxylation is 2. The number of nitrogens with one attached hydrogen (secondary N) is 2. The molecular formula is C24H23FN6O2S. The van der Waals surface area contributed by atoms with E-state index in [0.29, 0.717) is 40.2 Å². The second kappa shape index (κ2) is 8.94. The van der Waals surface area contributed by atoms with Crippen LogP contribution in [0, 0.1) is 5.82 Å². The van der Waals surface area contributed by atoms with Gasteiger partial charge in [0, 0.05) is 37.7 Å². The van der Waals surface area contributed by atoms with Crippen molar-refractivity contribution in [2.75, 3.05) is 11.1 Å². The van der Waals surface area contributed by atoms with Crippen LogP contribution < -0.4 is 10.6 Å². The minimum atomic E-state index is -0.397. The first kappa shape index (κ1) is 22.1. The van der Waals surface area contributed by atoms with E-state index < -0.39 is 5.82 Å². The first-order chi connectivity index (χ1) is 16.4. The summed E-state index contributed by atoms with van der Waals surface area (Å²) in [6, 6.07) is 9.73. The number of benzene rings is 2. The number of nitrogens with zero attached hydrogens (tertiary/aromatic N) is 4. The first-order valence-electron chi connectivity index (χ1n) is 11.0. The molecule has 34 heavy (non-hydrogen) atoms. The third-order valence-corrected chi connectivity index (χ3v) is 6.59. The van der Waals surface area contributed by atoms with Gasteiger partial charge in [0.15, 0.2) is 5.16 Å². The number of thioether (sulfide) groups is 1. The summed E-state index contributed by atoms with van der Waals surface area (Å²) < 4.78 is 18.5. The van der Waals surface area contributed by atoms with Gasteiger partial charge in [0.2, 0.25) is 5.91 Å². The Kier molecular flexibility index (Phi) is 5.82. The Morgan fingerprint density at radius 3 is 2.76 bits per heavy atom. The van der Waals surface area contributed by atoms with Crippen LogP contribution in [0.5, 0.6) is 0 Å². The van der Waals surface area contributed by atoms with Gasteiger partial charge < -0.3 is 19.8 Å². The van der Waals surface area contributed by atoms with Gasteiger partial charge >= 0.3 is 0 Å². The second-order valence-corrected chi connectivity index (χ2v) is 9.03. The van der Waals surface area contributed by atoms with E-state index in [2.05, 4.69) is 25.2 Å². The smallest absolute Gasteiger partial charge is 0.253 e. The standard InChI is InChI=1S/C24H23FN6O2S/c1-3-31-21-18(23(33)26-12-16-13-30-8-9-34-24(30)28-16)10-15(27-14(2)32)11-20(21)29-22(31)17-6-4-5-7-19(17)25/h4-7,10-11,13H,3,8-9,12H2,1-2H3,(H,26,33)(H,27,32). The van der Waals surface area contributed by atoms with E-state index in [1.807, 2.05) is 17.7 Å². The Hall–Kier alpha value is -3.66. The molecule has 0 radical (unpaired) electrons. The molecule has 0 unspecified atom stereocenters. The lowest BCUT2D eigenvalue weighted by molar-refractivity contribution is -0.114. The van der Waals surface area contributed by atoms with Gasteiger partial charge in [-0.05, 0) is 31.2 Å². The molecule has 2 aromatic carbocycles. The number of carbonyl (C=O) groups is 2. The molecule has 1 aliphatic rings. The summed E-state index contributed by atoms with van der Waals surface area (Å²) in [6.45, 7) is 4.97. The van der Waals surface area contributed by atoms with Crippen molar-refractivity contribution >= 4 is 40.3 Å². The summed E-state index contributed by atoms with van der Waals surface area (Å²) in [5, 5.41) is 6.62. The van der Waals surface area contributed by atoms with Crippen molar-refractivity contribution in [3.63, 3.8) is 0 Å². The summed E-state index contributed by atoms with van der Waals surface area (Å²) in [5.74, 6) is 0.444.